The van der Waals surface area contributed by atoms with Crippen molar-refractivity contribution < 1.29 is 9.72 Å². The van der Waals surface area contributed by atoms with Crippen LogP contribution in [0.15, 0.2) is 58.1 Å². The molecule has 2 aromatic carbocycles. The molecule has 0 aliphatic rings. The van der Waals surface area contributed by atoms with Gasteiger partial charge >= 0.3 is 0 Å². The molecule has 0 unspecified atom stereocenters. The summed E-state index contributed by atoms with van der Waals surface area (Å²) in [6.07, 6.45) is 1.45. The molecule has 1 amide bonds. The summed E-state index contributed by atoms with van der Waals surface area (Å²) in [4.78, 5) is 21.8. The fourth-order valence-corrected chi connectivity index (χ4v) is 2.78. The van der Waals surface area contributed by atoms with Gasteiger partial charge in [0.15, 0.2) is 0 Å². The number of nitro groups is 1. The molecule has 8 heteroatoms. The van der Waals surface area contributed by atoms with Gasteiger partial charge in [0.25, 0.3) is 5.69 Å². The molecular weight excluding hydrogens is 394 g/mol. The van der Waals surface area contributed by atoms with E-state index in [1.807, 2.05) is 24.3 Å². The van der Waals surface area contributed by atoms with Gasteiger partial charge in [0, 0.05) is 22.4 Å². The van der Waals surface area contributed by atoms with Crippen molar-refractivity contribution in [2.24, 2.45) is 5.10 Å². The van der Waals surface area contributed by atoms with Gasteiger partial charge in [-0.15, -0.1) is 11.8 Å². The number of amides is 1. The van der Waals surface area contributed by atoms with Crippen molar-refractivity contribution in [3.63, 3.8) is 0 Å². The number of nitrogens with one attached hydrogen (secondary N) is 1. The molecule has 0 saturated heterocycles. The van der Waals surface area contributed by atoms with Crippen LogP contribution in [0.2, 0.25) is 0 Å². The number of carbonyl (C=O) groups is 1. The number of non-ortho nitro benzene ring substituents is 1. The lowest BCUT2D eigenvalue weighted by Gasteiger charge is -2.02. The molecule has 0 spiro atoms. The highest BCUT2D eigenvalue weighted by Gasteiger charge is 2.03. The van der Waals surface area contributed by atoms with Crippen molar-refractivity contribution in [2.75, 3.05) is 5.75 Å². The van der Waals surface area contributed by atoms with Crippen molar-refractivity contribution in [3.8, 4) is 0 Å². The van der Waals surface area contributed by atoms with Crippen molar-refractivity contribution in [2.45, 2.75) is 5.75 Å². The van der Waals surface area contributed by atoms with Crippen LogP contribution < -0.4 is 5.43 Å². The summed E-state index contributed by atoms with van der Waals surface area (Å²) < 4.78 is 1.02. The third kappa shape index (κ3) is 6.13. The first-order chi connectivity index (χ1) is 11.5. The summed E-state index contributed by atoms with van der Waals surface area (Å²) in [5, 5.41) is 14.4. The van der Waals surface area contributed by atoms with Gasteiger partial charge in [-0.2, -0.15) is 5.10 Å². The molecule has 0 bridgehead atoms. The zero-order valence-electron chi connectivity index (χ0n) is 12.5. The molecule has 2 rings (SSSR count). The minimum atomic E-state index is -0.467. The van der Waals surface area contributed by atoms with Gasteiger partial charge in [-0.1, -0.05) is 28.1 Å². The van der Waals surface area contributed by atoms with Crippen LogP contribution in [0.1, 0.15) is 11.1 Å². The number of nitro benzene ring substituents is 1. The van der Waals surface area contributed by atoms with Crippen LogP contribution in [0.5, 0.6) is 0 Å². The summed E-state index contributed by atoms with van der Waals surface area (Å²) in [6, 6.07) is 13.8. The van der Waals surface area contributed by atoms with Crippen molar-refractivity contribution in [1.29, 1.82) is 0 Å². The SMILES string of the molecule is O=C(CSCc1ccc(Br)cc1)NN=Cc1ccc([N+](=O)[O-])cc1. The van der Waals surface area contributed by atoms with Gasteiger partial charge in [0.2, 0.25) is 5.91 Å². The highest BCUT2D eigenvalue weighted by Crippen LogP contribution is 2.15. The Bertz CT molecular complexity index is 733. The van der Waals surface area contributed by atoms with E-state index in [-0.39, 0.29) is 11.6 Å². The number of hydrogen-bond donors (Lipinski definition) is 1. The molecule has 0 saturated carbocycles. The van der Waals surface area contributed by atoms with E-state index in [0.717, 1.165) is 15.8 Å². The summed E-state index contributed by atoms with van der Waals surface area (Å²) in [5.41, 5.74) is 4.26. The van der Waals surface area contributed by atoms with E-state index < -0.39 is 4.92 Å². The first-order valence-electron chi connectivity index (χ1n) is 6.93. The van der Waals surface area contributed by atoms with Crippen LogP contribution in [0.25, 0.3) is 0 Å². The molecule has 24 heavy (non-hydrogen) atoms. The normalized spacial score (nSPS) is 10.7. The fraction of sp³-hybridized carbons (Fsp3) is 0.125. The number of hydrogen-bond acceptors (Lipinski definition) is 5. The Labute approximate surface area is 151 Å². The van der Waals surface area contributed by atoms with Crippen LogP contribution >= 0.6 is 27.7 Å². The van der Waals surface area contributed by atoms with Gasteiger partial charge in [0.1, 0.15) is 0 Å². The monoisotopic (exact) mass is 407 g/mol. The fourth-order valence-electron chi connectivity index (χ4n) is 1.74. The van der Waals surface area contributed by atoms with Crippen LogP contribution in [-0.2, 0) is 10.5 Å². The van der Waals surface area contributed by atoms with Gasteiger partial charge in [-0.05, 0) is 35.4 Å². The number of rotatable bonds is 7. The second-order valence-electron chi connectivity index (χ2n) is 4.76. The molecule has 0 aliphatic heterocycles. The molecule has 6 nitrogen and oxygen atoms in total. The summed E-state index contributed by atoms with van der Waals surface area (Å²) in [7, 11) is 0. The first-order valence-corrected chi connectivity index (χ1v) is 8.88. The minimum absolute atomic E-state index is 0.0144. The average Bonchev–Trinajstić information content (AvgIpc) is 2.57. The Hall–Kier alpha value is -2.19. The van der Waals surface area contributed by atoms with Gasteiger partial charge in [-0.25, -0.2) is 5.43 Å². The number of benzene rings is 2. The molecule has 1 N–H and O–H groups in total. The van der Waals surface area contributed by atoms with Crippen LogP contribution in [0.3, 0.4) is 0 Å². The molecule has 2 aromatic rings. The van der Waals surface area contributed by atoms with Crippen LogP contribution in [0.4, 0.5) is 5.69 Å². The lowest BCUT2D eigenvalue weighted by molar-refractivity contribution is -0.384. The molecule has 124 valence electrons. The van der Waals surface area contributed by atoms with E-state index >= 15 is 0 Å². The van der Waals surface area contributed by atoms with Crippen molar-refractivity contribution in [1.82, 2.24) is 5.43 Å². The molecule has 0 radical (unpaired) electrons. The van der Waals surface area contributed by atoms with E-state index in [2.05, 4.69) is 26.5 Å². The Morgan fingerprint density at radius 1 is 1.21 bits per heavy atom. The summed E-state index contributed by atoms with van der Waals surface area (Å²) >= 11 is 4.87. The van der Waals surface area contributed by atoms with E-state index in [1.165, 1.54) is 30.1 Å². The zero-order valence-corrected chi connectivity index (χ0v) is 14.9. The number of carbonyl (C=O) groups excluding carboxylic acids is 1. The second kappa shape index (κ2) is 9.19. The number of hydrazone groups is 1. The Kier molecular flexibility index (Phi) is 6.95. The third-order valence-electron chi connectivity index (χ3n) is 2.92. The lowest BCUT2D eigenvalue weighted by Crippen LogP contribution is -2.19. The van der Waals surface area contributed by atoms with Crippen molar-refractivity contribution in [3.05, 3.63) is 74.2 Å². The smallest absolute Gasteiger partial charge is 0.269 e. The summed E-state index contributed by atoms with van der Waals surface area (Å²) in [6.45, 7) is 0. The maximum atomic E-state index is 11.7. The zero-order chi connectivity index (χ0) is 17.4. The highest BCUT2D eigenvalue weighted by atomic mass is 79.9. The molecule has 0 aromatic heterocycles. The Morgan fingerprint density at radius 3 is 2.50 bits per heavy atom. The molecule has 0 fully saturated rings. The Morgan fingerprint density at radius 2 is 1.88 bits per heavy atom. The maximum absolute atomic E-state index is 11.7. The van der Waals surface area contributed by atoms with Crippen molar-refractivity contribution >= 4 is 45.5 Å². The number of thioether (sulfide) groups is 1. The van der Waals surface area contributed by atoms with Gasteiger partial charge in [-0.3, -0.25) is 14.9 Å². The third-order valence-corrected chi connectivity index (χ3v) is 4.45. The van der Waals surface area contributed by atoms with E-state index in [1.54, 1.807) is 12.1 Å². The average molecular weight is 408 g/mol. The quantitative estimate of drug-likeness (QED) is 0.430. The predicted molar refractivity (Wildman–Crippen MR) is 99.1 cm³/mol. The molecule has 0 atom stereocenters. The standard InChI is InChI=1S/C16H14BrN3O3S/c17-14-5-1-13(2-6-14)10-24-11-16(21)19-18-9-12-3-7-15(8-4-12)20(22)23/h1-9H,10-11H2,(H,19,21). The predicted octanol–water partition coefficient (Wildman–Crippen LogP) is 3.74. The number of halogens is 1. The minimum Gasteiger partial charge on any atom is -0.272 e. The lowest BCUT2D eigenvalue weighted by atomic mass is 10.2. The highest BCUT2D eigenvalue weighted by molar-refractivity contribution is 9.10. The first kappa shape index (κ1) is 18.2. The topological polar surface area (TPSA) is 84.6 Å². The van der Waals surface area contributed by atoms with Crippen LogP contribution in [0, 0.1) is 10.1 Å². The second-order valence-corrected chi connectivity index (χ2v) is 6.66. The number of nitrogens with zero attached hydrogens (tertiary/aromatic N) is 2. The van der Waals surface area contributed by atoms with Gasteiger partial charge in [0.05, 0.1) is 16.9 Å². The van der Waals surface area contributed by atoms with Gasteiger partial charge < -0.3 is 0 Å². The van der Waals surface area contributed by atoms with E-state index in [4.69, 9.17) is 0 Å². The molecular formula is C16H14BrN3O3S. The van der Waals surface area contributed by atoms with Crippen LogP contribution in [-0.4, -0.2) is 22.8 Å². The molecule has 0 aliphatic carbocycles. The Balaban J connectivity index is 1.72. The summed E-state index contributed by atoms with van der Waals surface area (Å²) in [5.74, 6) is 0.843. The largest absolute Gasteiger partial charge is 0.272 e. The molecule has 0 heterocycles. The maximum Gasteiger partial charge on any atom is 0.269 e. The van der Waals surface area contributed by atoms with E-state index in [9.17, 15) is 14.9 Å². The van der Waals surface area contributed by atoms with E-state index in [0.29, 0.717) is 11.3 Å².